The number of carbonyl (C=O) groups is 2. The number of carbonyl (C=O) groups excluding carboxylic acids is 2. The van der Waals surface area contributed by atoms with E-state index < -0.39 is 0 Å². The van der Waals surface area contributed by atoms with Crippen LogP contribution in [0.4, 0.5) is 5.13 Å². The molecule has 2 N–H and O–H groups in total. The van der Waals surface area contributed by atoms with Gasteiger partial charge in [0, 0.05) is 21.0 Å². The minimum atomic E-state index is -0.270. The lowest BCUT2D eigenvalue weighted by Gasteiger charge is -2.15. The van der Waals surface area contributed by atoms with Crippen LogP contribution < -0.4 is 10.6 Å². The molecule has 1 unspecified atom stereocenters. The summed E-state index contributed by atoms with van der Waals surface area (Å²) in [5, 5.41) is 8.87. The van der Waals surface area contributed by atoms with E-state index in [9.17, 15) is 9.59 Å². The number of nitrogens with zero attached hydrogens (tertiary/aromatic N) is 1. The molecule has 2 amide bonds. The van der Waals surface area contributed by atoms with Crippen molar-refractivity contribution in [3.63, 3.8) is 0 Å². The fraction of sp³-hybridized carbons (Fsp3) is 0.150. The molecule has 0 saturated heterocycles. The smallest absolute Gasteiger partial charge is 0.257 e. The highest BCUT2D eigenvalue weighted by Gasteiger charge is 2.15. The second kappa shape index (κ2) is 9.19. The van der Waals surface area contributed by atoms with Crippen LogP contribution in [0.1, 0.15) is 34.6 Å². The molecule has 3 rings (SSSR count). The highest BCUT2D eigenvalue weighted by atomic mass is 35.5. The molecule has 0 fully saturated rings. The third kappa shape index (κ3) is 5.32. The van der Waals surface area contributed by atoms with Gasteiger partial charge in [-0.2, -0.15) is 0 Å². The van der Waals surface area contributed by atoms with Crippen molar-refractivity contribution in [3.05, 3.63) is 80.8 Å². The Labute approximate surface area is 176 Å². The van der Waals surface area contributed by atoms with Crippen LogP contribution in [0.2, 0.25) is 10.0 Å². The molecule has 2 aromatic carbocycles. The Morgan fingerprint density at radius 3 is 2.61 bits per heavy atom. The molecule has 0 bridgehead atoms. The minimum absolute atomic E-state index is 0.104. The lowest BCUT2D eigenvalue weighted by Crippen LogP contribution is -2.28. The second-order valence-electron chi connectivity index (χ2n) is 6.10. The maximum Gasteiger partial charge on any atom is 0.257 e. The Hall–Kier alpha value is -2.41. The molecule has 1 atom stereocenters. The zero-order chi connectivity index (χ0) is 20.1. The summed E-state index contributed by atoms with van der Waals surface area (Å²) in [5.74, 6) is -0.429. The number of nitrogens with one attached hydrogen (secondary N) is 2. The van der Waals surface area contributed by atoms with Gasteiger partial charge in [0.2, 0.25) is 5.91 Å². The fourth-order valence-electron chi connectivity index (χ4n) is 2.59. The van der Waals surface area contributed by atoms with Crippen molar-refractivity contribution in [2.75, 3.05) is 5.32 Å². The van der Waals surface area contributed by atoms with E-state index in [-0.39, 0.29) is 24.3 Å². The molecule has 0 saturated carbocycles. The lowest BCUT2D eigenvalue weighted by atomic mass is 10.1. The molecule has 1 aromatic heterocycles. The van der Waals surface area contributed by atoms with Crippen LogP contribution in [0.5, 0.6) is 0 Å². The number of hydrogen-bond donors (Lipinski definition) is 2. The Bertz CT molecular complexity index is 992. The summed E-state index contributed by atoms with van der Waals surface area (Å²) in [4.78, 5) is 28.8. The molecule has 8 heteroatoms. The molecule has 0 spiro atoms. The Morgan fingerprint density at radius 2 is 1.89 bits per heavy atom. The third-order valence-electron chi connectivity index (χ3n) is 3.96. The largest absolute Gasteiger partial charge is 0.349 e. The summed E-state index contributed by atoms with van der Waals surface area (Å²) in [6, 6.07) is 13.8. The second-order valence-corrected chi connectivity index (χ2v) is 7.80. The van der Waals surface area contributed by atoms with Crippen molar-refractivity contribution in [3.8, 4) is 0 Å². The van der Waals surface area contributed by atoms with E-state index in [1.54, 1.807) is 47.8 Å². The van der Waals surface area contributed by atoms with Crippen molar-refractivity contribution in [1.29, 1.82) is 0 Å². The molecule has 28 heavy (non-hydrogen) atoms. The normalized spacial score (nSPS) is 11.7. The Morgan fingerprint density at radius 1 is 1.14 bits per heavy atom. The molecule has 144 valence electrons. The average molecular weight is 434 g/mol. The van der Waals surface area contributed by atoms with Crippen LogP contribution in [0.15, 0.2) is 53.9 Å². The van der Waals surface area contributed by atoms with E-state index in [1.165, 1.54) is 11.3 Å². The van der Waals surface area contributed by atoms with Crippen molar-refractivity contribution in [2.24, 2.45) is 0 Å². The van der Waals surface area contributed by atoms with Gasteiger partial charge >= 0.3 is 0 Å². The average Bonchev–Trinajstić information content (AvgIpc) is 3.08. The Balaban J connectivity index is 1.57. The van der Waals surface area contributed by atoms with Gasteiger partial charge in [-0.3, -0.25) is 14.9 Å². The first-order chi connectivity index (χ1) is 13.4. The summed E-state index contributed by atoms with van der Waals surface area (Å²) in [6.07, 6.45) is 0.104. The van der Waals surface area contributed by atoms with E-state index >= 15 is 0 Å². The fourth-order valence-corrected chi connectivity index (χ4v) is 3.87. The molecule has 0 aliphatic carbocycles. The van der Waals surface area contributed by atoms with Crippen molar-refractivity contribution in [1.82, 2.24) is 10.3 Å². The first-order valence-electron chi connectivity index (χ1n) is 8.47. The van der Waals surface area contributed by atoms with Gasteiger partial charge in [-0.05, 0) is 36.8 Å². The number of thiazole rings is 1. The minimum Gasteiger partial charge on any atom is -0.349 e. The summed E-state index contributed by atoms with van der Waals surface area (Å²) in [7, 11) is 0. The highest BCUT2D eigenvalue weighted by Crippen LogP contribution is 2.26. The van der Waals surface area contributed by atoms with E-state index in [1.807, 2.05) is 13.0 Å². The lowest BCUT2D eigenvalue weighted by molar-refractivity contribution is -0.121. The van der Waals surface area contributed by atoms with Crippen LogP contribution in [0.3, 0.4) is 0 Å². The van der Waals surface area contributed by atoms with Gasteiger partial charge in [0.1, 0.15) is 0 Å². The molecular weight excluding hydrogens is 417 g/mol. The first kappa shape index (κ1) is 20.3. The van der Waals surface area contributed by atoms with Crippen molar-refractivity contribution < 1.29 is 9.59 Å². The quantitative estimate of drug-likeness (QED) is 0.566. The Kier molecular flexibility index (Phi) is 6.67. The molecule has 5 nitrogen and oxygen atoms in total. The molecule has 0 radical (unpaired) electrons. The van der Waals surface area contributed by atoms with Crippen LogP contribution >= 0.6 is 34.5 Å². The zero-order valence-electron chi connectivity index (χ0n) is 14.9. The number of aromatic nitrogens is 1. The van der Waals surface area contributed by atoms with E-state index in [2.05, 4.69) is 15.6 Å². The maximum absolute atomic E-state index is 12.3. The van der Waals surface area contributed by atoms with Gasteiger partial charge in [0.15, 0.2) is 5.13 Å². The number of anilines is 1. The third-order valence-corrected chi connectivity index (χ3v) is 5.33. The van der Waals surface area contributed by atoms with E-state index in [0.717, 1.165) is 5.56 Å². The SMILES string of the molecule is CC(NC(=O)Cc1csc(NC(=O)c2ccccc2)n1)c1ccc(Cl)cc1Cl. The summed E-state index contributed by atoms with van der Waals surface area (Å²) < 4.78 is 0. The van der Waals surface area contributed by atoms with Gasteiger partial charge in [0.25, 0.3) is 5.91 Å². The monoisotopic (exact) mass is 433 g/mol. The number of halogens is 2. The van der Waals surface area contributed by atoms with Crippen molar-refractivity contribution >= 4 is 51.5 Å². The summed E-state index contributed by atoms with van der Waals surface area (Å²) in [5.41, 5.74) is 1.92. The van der Waals surface area contributed by atoms with Crippen LogP contribution in [0.25, 0.3) is 0 Å². The zero-order valence-corrected chi connectivity index (χ0v) is 17.2. The van der Waals surface area contributed by atoms with Gasteiger partial charge in [0.05, 0.1) is 18.2 Å². The summed E-state index contributed by atoms with van der Waals surface area (Å²) in [6.45, 7) is 1.85. The van der Waals surface area contributed by atoms with Gasteiger partial charge < -0.3 is 5.32 Å². The van der Waals surface area contributed by atoms with Gasteiger partial charge in [-0.25, -0.2) is 4.98 Å². The van der Waals surface area contributed by atoms with Crippen LogP contribution in [-0.4, -0.2) is 16.8 Å². The van der Waals surface area contributed by atoms with Gasteiger partial charge in [-0.1, -0.05) is 47.5 Å². The van der Waals surface area contributed by atoms with E-state index in [0.29, 0.717) is 26.4 Å². The standard InChI is InChI=1S/C20H17Cl2N3O2S/c1-12(16-8-7-14(21)9-17(16)22)23-18(26)10-15-11-28-20(24-15)25-19(27)13-5-3-2-4-6-13/h2-9,11-12H,10H2,1H3,(H,23,26)(H,24,25,27). The molecule has 1 heterocycles. The predicted molar refractivity (Wildman–Crippen MR) is 113 cm³/mol. The number of rotatable bonds is 6. The van der Waals surface area contributed by atoms with Crippen LogP contribution in [0, 0.1) is 0 Å². The molecule has 0 aliphatic heterocycles. The number of amides is 2. The predicted octanol–water partition coefficient (Wildman–Crippen LogP) is 5.12. The topological polar surface area (TPSA) is 71.1 Å². The van der Waals surface area contributed by atoms with Crippen LogP contribution in [-0.2, 0) is 11.2 Å². The molecule has 0 aliphatic rings. The first-order valence-corrected chi connectivity index (χ1v) is 10.1. The molecule has 3 aromatic rings. The van der Waals surface area contributed by atoms with Gasteiger partial charge in [-0.15, -0.1) is 11.3 Å². The van der Waals surface area contributed by atoms with Crippen molar-refractivity contribution in [2.45, 2.75) is 19.4 Å². The maximum atomic E-state index is 12.3. The highest BCUT2D eigenvalue weighted by molar-refractivity contribution is 7.14. The molecular formula is C20H17Cl2N3O2S. The summed E-state index contributed by atoms with van der Waals surface area (Å²) >= 11 is 13.4. The van der Waals surface area contributed by atoms with E-state index in [4.69, 9.17) is 23.2 Å². The number of benzene rings is 2. The number of hydrogen-bond acceptors (Lipinski definition) is 4.